The first-order valence-corrected chi connectivity index (χ1v) is 8.26. The van der Waals surface area contributed by atoms with E-state index in [1.54, 1.807) is 0 Å². The molecule has 2 aliphatic heterocycles. The normalized spacial score (nSPS) is 29.0. The van der Waals surface area contributed by atoms with Crippen molar-refractivity contribution in [3.05, 3.63) is 28.8 Å². The van der Waals surface area contributed by atoms with Gasteiger partial charge in [-0.3, -0.25) is 0 Å². The first kappa shape index (κ1) is 14.9. The zero-order valence-electron chi connectivity index (χ0n) is 13.5. The second-order valence-electron chi connectivity index (χ2n) is 7.10. The molecular weight excluding hydrogens is 260 g/mol. The SMILES string of the molecule is Cc1cc(CNCC2CC3CCC(C2)N3C)cc(C)c1O. The number of hydrogen-bond donors (Lipinski definition) is 2. The Labute approximate surface area is 128 Å². The van der Waals surface area contributed by atoms with Crippen LogP contribution < -0.4 is 5.32 Å². The van der Waals surface area contributed by atoms with Crippen molar-refractivity contribution in [2.75, 3.05) is 13.6 Å². The van der Waals surface area contributed by atoms with Gasteiger partial charge in [-0.15, -0.1) is 0 Å². The predicted molar refractivity (Wildman–Crippen MR) is 86.6 cm³/mol. The van der Waals surface area contributed by atoms with Gasteiger partial charge in [-0.2, -0.15) is 0 Å². The van der Waals surface area contributed by atoms with E-state index in [1.165, 1.54) is 31.2 Å². The van der Waals surface area contributed by atoms with Crippen molar-refractivity contribution < 1.29 is 5.11 Å². The van der Waals surface area contributed by atoms with Gasteiger partial charge < -0.3 is 15.3 Å². The Morgan fingerprint density at radius 1 is 1.14 bits per heavy atom. The molecular formula is C18H28N2O. The van der Waals surface area contributed by atoms with Gasteiger partial charge in [-0.1, -0.05) is 12.1 Å². The van der Waals surface area contributed by atoms with Crippen LogP contribution in [0.15, 0.2) is 12.1 Å². The minimum absolute atomic E-state index is 0.436. The zero-order chi connectivity index (χ0) is 15.0. The maximum absolute atomic E-state index is 9.83. The van der Waals surface area contributed by atoms with Crippen LogP contribution in [0.3, 0.4) is 0 Å². The average molecular weight is 288 g/mol. The van der Waals surface area contributed by atoms with Gasteiger partial charge >= 0.3 is 0 Å². The lowest BCUT2D eigenvalue weighted by atomic mass is 9.91. The molecule has 2 unspecified atom stereocenters. The number of fused-ring (bicyclic) bond motifs is 2. The van der Waals surface area contributed by atoms with Gasteiger partial charge in [-0.05, 0) is 75.7 Å². The molecule has 2 saturated heterocycles. The second kappa shape index (κ2) is 5.98. The van der Waals surface area contributed by atoms with Gasteiger partial charge in [0.1, 0.15) is 5.75 Å². The van der Waals surface area contributed by atoms with Gasteiger partial charge in [0.15, 0.2) is 0 Å². The summed E-state index contributed by atoms with van der Waals surface area (Å²) in [4.78, 5) is 2.60. The van der Waals surface area contributed by atoms with Crippen LogP contribution in [0.4, 0.5) is 0 Å². The largest absolute Gasteiger partial charge is 0.507 e. The van der Waals surface area contributed by atoms with E-state index in [9.17, 15) is 5.11 Å². The van der Waals surface area contributed by atoms with E-state index in [0.717, 1.165) is 42.2 Å². The number of phenolic OH excluding ortho intramolecular Hbond substituents is 1. The van der Waals surface area contributed by atoms with Crippen LogP contribution in [-0.2, 0) is 6.54 Å². The molecule has 0 aromatic heterocycles. The number of benzene rings is 1. The average Bonchev–Trinajstić information content (AvgIpc) is 2.67. The smallest absolute Gasteiger partial charge is 0.121 e. The molecule has 2 heterocycles. The molecule has 3 rings (SSSR count). The fourth-order valence-electron chi connectivity index (χ4n) is 4.26. The Bertz CT molecular complexity index is 477. The highest BCUT2D eigenvalue weighted by atomic mass is 16.3. The molecule has 1 aromatic carbocycles. The second-order valence-corrected chi connectivity index (χ2v) is 7.10. The molecule has 1 aromatic rings. The first-order chi connectivity index (χ1) is 10.0. The van der Waals surface area contributed by atoms with Crippen LogP contribution in [0.1, 0.15) is 42.4 Å². The molecule has 0 radical (unpaired) electrons. The lowest BCUT2D eigenvalue weighted by molar-refractivity contribution is 0.133. The van der Waals surface area contributed by atoms with E-state index in [4.69, 9.17) is 0 Å². The van der Waals surface area contributed by atoms with Gasteiger partial charge in [0.05, 0.1) is 0 Å². The van der Waals surface area contributed by atoms with Crippen LogP contribution >= 0.6 is 0 Å². The van der Waals surface area contributed by atoms with Gasteiger partial charge in [0.2, 0.25) is 0 Å². The summed E-state index contributed by atoms with van der Waals surface area (Å²) in [6, 6.07) is 5.84. The van der Waals surface area contributed by atoms with Gasteiger partial charge in [0, 0.05) is 18.6 Å². The Morgan fingerprint density at radius 3 is 2.29 bits per heavy atom. The summed E-state index contributed by atoms with van der Waals surface area (Å²) >= 11 is 0. The molecule has 0 amide bonds. The standard InChI is InChI=1S/C18H28N2O/c1-12-6-14(7-13(2)18(12)21)10-19-11-15-8-16-4-5-17(9-15)20(16)3/h6-7,15-17,19,21H,4-5,8-11H2,1-3H3. The molecule has 2 aliphatic rings. The number of nitrogens with zero attached hydrogens (tertiary/aromatic N) is 1. The molecule has 21 heavy (non-hydrogen) atoms. The Kier molecular flexibility index (Phi) is 4.23. The number of rotatable bonds is 4. The number of hydrogen-bond acceptors (Lipinski definition) is 3. The van der Waals surface area contributed by atoms with Crippen molar-refractivity contribution in [2.45, 2.75) is 58.2 Å². The zero-order valence-corrected chi connectivity index (χ0v) is 13.5. The summed E-state index contributed by atoms with van der Waals surface area (Å²) in [5.74, 6) is 1.27. The van der Waals surface area contributed by atoms with Crippen LogP contribution in [0.2, 0.25) is 0 Å². The first-order valence-electron chi connectivity index (χ1n) is 8.26. The maximum Gasteiger partial charge on any atom is 0.121 e. The van der Waals surface area contributed by atoms with E-state index in [1.807, 2.05) is 13.8 Å². The van der Waals surface area contributed by atoms with Gasteiger partial charge in [-0.25, -0.2) is 0 Å². The Balaban J connectivity index is 1.51. The minimum Gasteiger partial charge on any atom is -0.507 e. The summed E-state index contributed by atoms with van der Waals surface area (Å²) < 4.78 is 0. The number of piperidine rings is 1. The number of aromatic hydroxyl groups is 1. The van der Waals surface area contributed by atoms with E-state index in [0.29, 0.717) is 5.75 Å². The monoisotopic (exact) mass is 288 g/mol. The molecule has 3 nitrogen and oxygen atoms in total. The number of aryl methyl sites for hydroxylation is 2. The highest BCUT2D eigenvalue weighted by Gasteiger charge is 2.37. The number of nitrogens with one attached hydrogen (secondary N) is 1. The molecule has 0 aliphatic carbocycles. The van der Waals surface area contributed by atoms with Crippen molar-refractivity contribution in [2.24, 2.45) is 5.92 Å². The fraction of sp³-hybridized carbons (Fsp3) is 0.667. The van der Waals surface area contributed by atoms with Crippen molar-refractivity contribution >= 4 is 0 Å². The molecule has 2 atom stereocenters. The highest BCUT2D eigenvalue weighted by molar-refractivity contribution is 5.42. The lowest BCUT2D eigenvalue weighted by Crippen LogP contribution is -2.42. The van der Waals surface area contributed by atoms with Crippen molar-refractivity contribution in [3.63, 3.8) is 0 Å². The fourth-order valence-corrected chi connectivity index (χ4v) is 4.26. The third-order valence-corrected chi connectivity index (χ3v) is 5.51. The molecule has 0 spiro atoms. The molecule has 2 bridgehead atoms. The van der Waals surface area contributed by atoms with E-state index in [2.05, 4.69) is 29.4 Å². The Hall–Kier alpha value is -1.06. The quantitative estimate of drug-likeness (QED) is 0.894. The van der Waals surface area contributed by atoms with Crippen LogP contribution in [-0.4, -0.2) is 35.7 Å². The minimum atomic E-state index is 0.436. The third-order valence-electron chi connectivity index (χ3n) is 5.51. The summed E-state index contributed by atoms with van der Waals surface area (Å²) in [6.07, 6.45) is 5.50. The van der Waals surface area contributed by atoms with Crippen molar-refractivity contribution in [3.8, 4) is 5.75 Å². The molecule has 2 N–H and O–H groups in total. The Morgan fingerprint density at radius 2 is 1.71 bits per heavy atom. The van der Waals surface area contributed by atoms with Crippen molar-refractivity contribution in [1.29, 1.82) is 0 Å². The predicted octanol–water partition coefficient (Wildman–Crippen LogP) is 2.97. The molecule has 3 heteroatoms. The van der Waals surface area contributed by atoms with Gasteiger partial charge in [0.25, 0.3) is 0 Å². The van der Waals surface area contributed by atoms with E-state index in [-0.39, 0.29) is 0 Å². The summed E-state index contributed by atoms with van der Waals surface area (Å²) in [7, 11) is 2.30. The van der Waals surface area contributed by atoms with Crippen LogP contribution in [0.25, 0.3) is 0 Å². The van der Waals surface area contributed by atoms with Crippen LogP contribution in [0.5, 0.6) is 5.75 Å². The van der Waals surface area contributed by atoms with Crippen molar-refractivity contribution in [1.82, 2.24) is 10.2 Å². The maximum atomic E-state index is 9.83. The molecule has 116 valence electrons. The summed E-state index contributed by atoms with van der Waals surface area (Å²) in [5, 5.41) is 13.5. The topological polar surface area (TPSA) is 35.5 Å². The summed E-state index contributed by atoms with van der Waals surface area (Å²) in [6.45, 7) is 5.98. The number of phenols is 1. The summed E-state index contributed by atoms with van der Waals surface area (Å²) in [5.41, 5.74) is 3.23. The third kappa shape index (κ3) is 3.09. The highest BCUT2D eigenvalue weighted by Crippen LogP contribution is 2.37. The van der Waals surface area contributed by atoms with E-state index >= 15 is 0 Å². The van der Waals surface area contributed by atoms with E-state index < -0.39 is 0 Å². The van der Waals surface area contributed by atoms with Crippen LogP contribution in [0, 0.1) is 19.8 Å². The lowest BCUT2D eigenvalue weighted by Gasteiger charge is -2.36. The molecule has 0 saturated carbocycles. The molecule has 2 fully saturated rings.